The van der Waals surface area contributed by atoms with Crippen molar-refractivity contribution in [3.8, 4) is 11.8 Å². The Labute approximate surface area is 127 Å². The van der Waals surface area contributed by atoms with Gasteiger partial charge in [0.05, 0.1) is 18.9 Å². The highest BCUT2D eigenvalue weighted by atomic mass is 16.5. The van der Waals surface area contributed by atoms with E-state index < -0.39 is 0 Å². The van der Waals surface area contributed by atoms with Gasteiger partial charge in [0, 0.05) is 25.6 Å². The first kappa shape index (κ1) is 17.3. The standard InChI is InChI=1S/C16H25N3O2/c1-12(2)16-14(8-6-9-15(16)21-5)19(13(3)20-4)18-11-7-10-17/h6,8-9,12-13,18H,7,11H2,1-5H3. The van der Waals surface area contributed by atoms with Crippen LogP contribution in [-0.2, 0) is 4.74 Å². The molecular formula is C16H25N3O2. The van der Waals surface area contributed by atoms with Crippen LogP contribution in [0.15, 0.2) is 18.2 Å². The lowest BCUT2D eigenvalue weighted by Gasteiger charge is -2.33. The third-order valence-corrected chi connectivity index (χ3v) is 3.32. The Balaban J connectivity index is 3.20. The predicted molar refractivity (Wildman–Crippen MR) is 84.3 cm³/mol. The number of nitrogens with zero attached hydrogens (tertiary/aromatic N) is 2. The minimum Gasteiger partial charge on any atom is -0.496 e. The maximum absolute atomic E-state index is 8.71. The lowest BCUT2D eigenvalue weighted by Crippen LogP contribution is -2.46. The Hall–Kier alpha value is -1.77. The van der Waals surface area contributed by atoms with Gasteiger partial charge in [-0.3, -0.25) is 5.01 Å². The molecule has 0 spiro atoms. The summed E-state index contributed by atoms with van der Waals surface area (Å²) in [7, 11) is 3.34. The van der Waals surface area contributed by atoms with Gasteiger partial charge in [-0.25, -0.2) is 5.43 Å². The molecule has 21 heavy (non-hydrogen) atoms. The molecule has 0 saturated carbocycles. The van der Waals surface area contributed by atoms with Crippen molar-refractivity contribution >= 4 is 5.69 Å². The van der Waals surface area contributed by atoms with Gasteiger partial charge in [0.1, 0.15) is 12.0 Å². The zero-order chi connectivity index (χ0) is 15.8. The Kier molecular flexibility index (Phi) is 7.00. The molecule has 0 aromatic heterocycles. The highest BCUT2D eigenvalue weighted by Crippen LogP contribution is 2.35. The van der Waals surface area contributed by atoms with Crippen molar-refractivity contribution in [3.63, 3.8) is 0 Å². The normalized spacial score (nSPS) is 12.0. The van der Waals surface area contributed by atoms with Crippen LogP contribution in [0, 0.1) is 11.3 Å². The summed E-state index contributed by atoms with van der Waals surface area (Å²) in [4.78, 5) is 0. The van der Waals surface area contributed by atoms with Gasteiger partial charge in [-0.15, -0.1) is 0 Å². The van der Waals surface area contributed by atoms with Crippen molar-refractivity contribution in [3.05, 3.63) is 23.8 Å². The lowest BCUT2D eigenvalue weighted by atomic mass is 9.99. The average Bonchev–Trinajstić information content (AvgIpc) is 2.50. The molecule has 1 N–H and O–H groups in total. The number of nitriles is 1. The Morgan fingerprint density at radius 2 is 2.00 bits per heavy atom. The largest absolute Gasteiger partial charge is 0.496 e. The molecule has 0 heterocycles. The van der Waals surface area contributed by atoms with Crippen molar-refractivity contribution in [1.82, 2.24) is 5.43 Å². The van der Waals surface area contributed by atoms with Gasteiger partial charge in [-0.05, 0) is 25.0 Å². The molecule has 1 aromatic rings. The van der Waals surface area contributed by atoms with E-state index in [2.05, 4.69) is 25.3 Å². The number of benzene rings is 1. The zero-order valence-corrected chi connectivity index (χ0v) is 13.5. The summed E-state index contributed by atoms with van der Waals surface area (Å²) in [5, 5.41) is 10.7. The maximum atomic E-state index is 8.71. The number of ether oxygens (including phenoxy) is 2. The van der Waals surface area contributed by atoms with Gasteiger partial charge < -0.3 is 9.47 Å². The van der Waals surface area contributed by atoms with Crippen LogP contribution in [-0.4, -0.2) is 27.0 Å². The Morgan fingerprint density at radius 1 is 1.29 bits per heavy atom. The van der Waals surface area contributed by atoms with Crippen molar-refractivity contribution in [2.24, 2.45) is 0 Å². The molecule has 1 unspecified atom stereocenters. The molecule has 0 amide bonds. The summed E-state index contributed by atoms with van der Waals surface area (Å²) in [6.45, 7) is 6.79. The van der Waals surface area contributed by atoms with Crippen molar-refractivity contribution < 1.29 is 9.47 Å². The first-order valence-corrected chi connectivity index (χ1v) is 7.16. The van der Waals surface area contributed by atoms with E-state index in [4.69, 9.17) is 14.7 Å². The van der Waals surface area contributed by atoms with Gasteiger partial charge in [0.25, 0.3) is 0 Å². The van der Waals surface area contributed by atoms with Crippen LogP contribution < -0.4 is 15.2 Å². The monoisotopic (exact) mass is 291 g/mol. The predicted octanol–water partition coefficient (Wildman–Crippen LogP) is 3.04. The molecule has 0 aliphatic carbocycles. The quantitative estimate of drug-likeness (QED) is 0.453. The summed E-state index contributed by atoms with van der Waals surface area (Å²) >= 11 is 0. The number of rotatable bonds is 8. The van der Waals surface area contributed by atoms with E-state index in [1.165, 1.54) is 0 Å². The second-order valence-electron chi connectivity index (χ2n) is 5.07. The topological polar surface area (TPSA) is 57.5 Å². The summed E-state index contributed by atoms with van der Waals surface area (Å²) in [6, 6.07) is 8.09. The number of hydrazine groups is 1. The summed E-state index contributed by atoms with van der Waals surface area (Å²) < 4.78 is 10.9. The number of hydrogen-bond acceptors (Lipinski definition) is 5. The SMILES string of the molecule is COc1cccc(N(NCCC#N)C(C)OC)c1C(C)C. The molecule has 5 nitrogen and oxygen atoms in total. The molecule has 0 aliphatic rings. The number of methoxy groups -OCH3 is 2. The fraction of sp³-hybridized carbons (Fsp3) is 0.562. The van der Waals surface area contributed by atoms with Crippen molar-refractivity contribution in [2.75, 3.05) is 25.8 Å². The molecule has 0 radical (unpaired) electrons. The van der Waals surface area contributed by atoms with E-state index >= 15 is 0 Å². The third-order valence-electron chi connectivity index (χ3n) is 3.32. The molecule has 0 saturated heterocycles. The minimum absolute atomic E-state index is 0.159. The molecule has 0 bridgehead atoms. The average molecular weight is 291 g/mol. The van der Waals surface area contributed by atoms with Crippen LogP contribution >= 0.6 is 0 Å². The Morgan fingerprint density at radius 3 is 2.52 bits per heavy atom. The van der Waals surface area contributed by atoms with Crippen molar-refractivity contribution in [1.29, 1.82) is 5.26 Å². The van der Waals surface area contributed by atoms with Gasteiger partial charge >= 0.3 is 0 Å². The molecule has 1 aromatic carbocycles. The minimum atomic E-state index is -0.159. The molecule has 116 valence electrons. The number of anilines is 1. The highest BCUT2D eigenvalue weighted by molar-refractivity contribution is 5.60. The fourth-order valence-corrected chi connectivity index (χ4v) is 2.25. The molecule has 5 heteroatoms. The first-order chi connectivity index (χ1) is 10.1. The van der Waals surface area contributed by atoms with E-state index in [1.807, 2.05) is 30.1 Å². The van der Waals surface area contributed by atoms with Crippen LogP contribution in [0.1, 0.15) is 38.7 Å². The third kappa shape index (κ3) is 4.35. The molecule has 0 aliphatic heterocycles. The lowest BCUT2D eigenvalue weighted by molar-refractivity contribution is 0.105. The van der Waals surface area contributed by atoms with E-state index in [-0.39, 0.29) is 6.23 Å². The summed E-state index contributed by atoms with van der Waals surface area (Å²) in [6.07, 6.45) is 0.279. The second-order valence-corrected chi connectivity index (χ2v) is 5.07. The Bertz CT molecular complexity index is 483. The summed E-state index contributed by atoms with van der Waals surface area (Å²) in [5.41, 5.74) is 5.39. The van der Waals surface area contributed by atoms with Gasteiger partial charge in [-0.2, -0.15) is 5.26 Å². The van der Waals surface area contributed by atoms with E-state index in [9.17, 15) is 0 Å². The highest BCUT2D eigenvalue weighted by Gasteiger charge is 2.21. The van der Waals surface area contributed by atoms with Crippen LogP contribution in [0.2, 0.25) is 0 Å². The van der Waals surface area contributed by atoms with Crippen LogP contribution in [0.3, 0.4) is 0 Å². The summed E-state index contributed by atoms with van der Waals surface area (Å²) in [5.74, 6) is 1.17. The smallest absolute Gasteiger partial charge is 0.141 e. The maximum Gasteiger partial charge on any atom is 0.141 e. The van der Waals surface area contributed by atoms with E-state index in [1.54, 1.807) is 14.2 Å². The molecule has 1 atom stereocenters. The zero-order valence-electron chi connectivity index (χ0n) is 13.5. The first-order valence-electron chi connectivity index (χ1n) is 7.16. The molecular weight excluding hydrogens is 266 g/mol. The van der Waals surface area contributed by atoms with Crippen LogP contribution in [0.5, 0.6) is 5.75 Å². The molecule has 1 rings (SSSR count). The second kappa shape index (κ2) is 8.50. The van der Waals surface area contributed by atoms with Crippen molar-refractivity contribution in [2.45, 2.75) is 39.3 Å². The number of hydrogen-bond donors (Lipinski definition) is 1. The van der Waals surface area contributed by atoms with Gasteiger partial charge in [0.15, 0.2) is 0 Å². The fourth-order valence-electron chi connectivity index (χ4n) is 2.25. The van der Waals surface area contributed by atoms with Gasteiger partial charge in [0.2, 0.25) is 0 Å². The molecule has 0 fully saturated rings. The van der Waals surface area contributed by atoms with Crippen LogP contribution in [0.4, 0.5) is 5.69 Å². The number of nitrogens with one attached hydrogen (secondary N) is 1. The van der Waals surface area contributed by atoms with E-state index in [0.29, 0.717) is 18.9 Å². The van der Waals surface area contributed by atoms with Crippen LogP contribution in [0.25, 0.3) is 0 Å². The van der Waals surface area contributed by atoms with Gasteiger partial charge in [-0.1, -0.05) is 19.9 Å². The van der Waals surface area contributed by atoms with E-state index in [0.717, 1.165) is 17.0 Å².